The van der Waals surface area contributed by atoms with Crippen molar-refractivity contribution in [2.45, 2.75) is 25.8 Å². The lowest BCUT2D eigenvalue weighted by Gasteiger charge is -2.21. The van der Waals surface area contributed by atoms with E-state index >= 15 is 0 Å². The summed E-state index contributed by atoms with van der Waals surface area (Å²) < 4.78 is 0. The SMILES string of the molecule is CCC(C(=O)NCCC(=O)O)N(C)C. The maximum absolute atomic E-state index is 11.5. The Hall–Kier alpha value is -1.10. The van der Waals surface area contributed by atoms with Crippen LogP contribution >= 0.6 is 0 Å². The Morgan fingerprint density at radius 3 is 2.36 bits per heavy atom. The minimum absolute atomic E-state index is 0.0321. The molecule has 0 aliphatic carbocycles. The van der Waals surface area contributed by atoms with Gasteiger partial charge in [-0.25, -0.2) is 0 Å². The number of carbonyl (C=O) groups excluding carboxylic acids is 1. The lowest BCUT2D eigenvalue weighted by Crippen LogP contribution is -2.43. The number of carboxylic acids is 1. The molecule has 0 rings (SSSR count). The minimum Gasteiger partial charge on any atom is -0.481 e. The van der Waals surface area contributed by atoms with Crippen molar-refractivity contribution in [3.8, 4) is 0 Å². The molecule has 0 aromatic carbocycles. The molecular weight excluding hydrogens is 184 g/mol. The third-order valence-corrected chi connectivity index (χ3v) is 1.95. The molecule has 0 aliphatic rings. The van der Waals surface area contributed by atoms with Crippen LogP contribution in [0.3, 0.4) is 0 Å². The van der Waals surface area contributed by atoms with Gasteiger partial charge in [0.25, 0.3) is 0 Å². The Kier molecular flexibility index (Phi) is 5.87. The van der Waals surface area contributed by atoms with Gasteiger partial charge in [-0.3, -0.25) is 14.5 Å². The second-order valence-corrected chi connectivity index (χ2v) is 3.32. The number of likely N-dealkylation sites (N-methyl/N-ethyl adjacent to an activating group) is 1. The molecule has 0 heterocycles. The molecule has 0 bridgehead atoms. The van der Waals surface area contributed by atoms with Gasteiger partial charge in [-0.15, -0.1) is 0 Å². The average Bonchev–Trinajstić information content (AvgIpc) is 2.03. The van der Waals surface area contributed by atoms with E-state index in [0.717, 1.165) is 0 Å². The van der Waals surface area contributed by atoms with Gasteiger partial charge >= 0.3 is 5.97 Å². The summed E-state index contributed by atoms with van der Waals surface area (Å²) in [5.41, 5.74) is 0. The quantitative estimate of drug-likeness (QED) is 0.632. The molecule has 0 aromatic heterocycles. The van der Waals surface area contributed by atoms with Crippen LogP contribution < -0.4 is 5.32 Å². The van der Waals surface area contributed by atoms with Gasteiger partial charge in [-0.2, -0.15) is 0 Å². The van der Waals surface area contributed by atoms with Crippen molar-refractivity contribution in [3.05, 3.63) is 0 Å². The molecule has 0 aromatic rings. The molecule has 0 aliphatic heterocycles. The van der Waals surface area contributed by atoms with E-state index < -0.39 is 5.97 Å². The molecule has 1 unspecified atom stereocenters. The van der Waals surface area contributed by atoms with E-state index in [4.69, 9.17) is 5.11 Å². The average molecular weight is 202 g/mol. The summed E-state index contributed by atoms with van der Waals surface area (Å²) in [5, 5.41) is 11.0. The van der Waals surface area contributed by atoms with Gasteiger partial charge in [0.15, 0.2) is 0 Å². The number of amides is 1. The maximum atomic E-state index is 11.5. The number of carboxylic acid groups (broad SMARTS) is 1. The first-order chi connectivity index (χ1) is 6.49. The minimum atomic E-state index is -0.900. The zero-order valence-corrected chi connectivity index (χ0v) is 8.91. The highest BCUT2D eigenvalue weighted by atomic mass is 16.4. The Morgan fingerprint density at radius 1 is 1.43 bits per heavy atom. The molecule has 2 N–H and O–H groups in total. The van der Waals surface area contributed by atoms with Crippen LogP contribution in [0.15, 0.2) is 0 Å². The number of hydrogen-bond acceptors (Lipinski definition) is 3. The zero-order chi connectivity index (χ0) is 11.1. The van der Waals surface area contributed by atoms with Gasteiger partial charge < -0.3 is 10.4 Å². The number of nitrogens with one attached hydrogen (secondary N) is 1. The highest BCUT2D eigenvalue weighted by molar-refractivity contribution is 5.82. The summed E-state index contributed by atoms with van der Waals surface area (Å²) in [5.74, 6) is -1.01. The van der Waals surface area contributed by atoms with Crippen LogP contribution in [0, 0.1) is 0 Å². The summed E-state index contributed by atoms with van der Waals surface area (Å²) >= 11 is 0. The third-order valence-electron chi connectivity index (χ3n) is 1.95. The number of rotatable bonds is 6. The second kappa shape index (κ2) is 6.37. The van der Waals surface area contributed by atoms with E-state index in [2.05, 4.69) is 5.32 Å². The van der Waals surface area contributed by atoms with E-state index in [1.807, 2.05) is 25.9 Å². The van der Waals surface area contributed by atoms with Crippen molar-refractivity contribution in [1.82, 2.24) is 10.2 Å². The van der Waals surface area contributed by atoms with Gasteiger partial charge in [0.1, 0.15) is 0 Å². The second-order valence-electron chi connectivity index (χ2n) is 3.32. The van der Waals surface area contributed by atoms with Gasteiger partial charge in [0.2, 0.25) is 5.91 Å². The van der Waals surface area contributed by atoms with E-state index in [0.29, 0.717) is 6.42 Å². The van der Waals surface area contributed by atoms with E-state index in [1.54, 1.807) is 0 Å². The molecule has 0 saturated heterocycles. The van der Waals surface area contributed by atoms with Crippen molar-refractivity contribution in [2.24, 2.45) is 0 Å². The number of aliphatic carboxylic acids is 1. The summed E-state index contributed by atoms with van der Waals surface area (Å²) in [6.07, 6.45) is 0.682. The predicted molar refractivity (Wildman–Crippen MR) is 53.0 cm³/mol. The lowest BCUT2D eigenvalue weighted by atomic mass is 10.2. The fourth-order valence-corrected chi connectivity index (χ4v) is 1.20. The van der Waals surface area contributed by atoms with Crippen molar-refractivity contribution in [1.29, 1.82) is 0 Å². The van der Waals surface area contributed by atoms with Gasteiger partial charge in [-0.05, 0) is 20.5 Å². The summed E-state index contributed by atoms with van der Waals surface area (Å²) in [6, 6.07) is -0.177. The molecule has 0 fully saturated rings. The van der Waals surface area contributed by atoms with Gasteiger partial charge in [0.05, 0.1) is 12.5 Å². The molecule has 1 amide bonds. The fourth-order valence-electron chi connectivity index (χ4n) is 1.20. The predicted octanol–water partition coefficient (Wildman–Crippen LogP) is -0.0825. The Labute approximate surface area is 84.1 Å². The largest absolute Gasteiger partial charge is 0.481 e. The molecular formula is C9H18N2O3. The van der Waals surface area contributed by atoms with Crippen LogP contribution in [0.2, 0.25) is 0 Å². The molecule has 0 radical (unpaired) electrons. The Morgan fingerprint density at radius 2 is 2.00 bits per heavy atom. The Bertz CT molecular complexity index is 204. The fraction of sp³-hybridized carbons (Fsp3) is 0.778. The van der Waals surface area contributed by atoms with Gasteiger partial charge in [-0.1, -0.05) is 6.92 Å². The van der Waals surface area contributed by atoms with Crippen molar-refractivity contribution >= 4 is 11.9 Å². The monoisotopic (exact) mass is 202 g/mol. The first kappa shape index (κ1) is 12.9. The molecule has 5 nitrogen and oxygen atoms in total. The number of hydrogen-bond donors (Lipinski definition) is 2. The molecule has 0 saturated carbocycles. The summed E-state index contributed by atoms with van der Waals surface area (Å²) in [7, 11) is 3.65. The van der Waals surface area contributed by atoms with Crippen LogP contribution in [-0.4, -0.2) is 48.6 Å². The first-order valence-electron chi connectivity index (χ1n) is 4.65. The molecule has 1 atom stereocenters. The smallest absolute Gasteiger partial charge is 0.305 e. The van der Waals surface area contributed by atoms with E-state index in [1.165, 1.54) is 0 Å². The van der Waals surface area contributed by atoms with E-state index in [-0.39, 0.29) is 24.9 Å². The van der Waals surface area contributed by atoms with Crippen LogP contribution in [0.4, 0.5) is 0 Å². The standard InChI is InChI=1S/C9H18N2O3/c1-4-7(11(2)3)9(14)10-6-5-8(12)13/h7H,4-6H2,1-3H3,(H,10,14)(H,12,13). The van der Waals surface area contributed by atoms with Crippen LogP contribution in [0.25, 0.3) is 0 Å². The van der Waals surface area contributed by atoms with Crippen LogP contribution in [0.5, 0.6) is 0 Å². The summed E-state index contributed by atoms with van der Waals surface area (Å²) in [4.78, 5) is 23.5. The van der Waals surface area contributed by atoms with Crippen LogP contribution in [-0.2, 0) is 9.59 Å². The zero-order valence-electron chi connectivity index (χ0n) is 8.91. The summed E-state index contributed by atoms with van der Waals surface area (Å²) in [6.45, 7) is 2.11. The topological polar surface area (TPSA) is 69.6 Å². The first-order valence-corrected chi connectivity index (χ1v) is 4.65. The van der Waals surface area contributed by atoms with Crippen molar-refractivity contribution in [3.63, 3.8) is 0 Å². The third kappa shape index (κ3) is 4.81. The van der Waals surface area contributed by atoms with Crippen molar-refractivity contribution in [2.75, 3.05) is 20.6 Å². The highest BCUT2D eigenvalue weighted by Gasteiger charge is 2.17. The molecule has 0 spiro atoms. The van der Waals surface area contributed by atoms with Crippen molar-refractivity contribution < 1.29 is 14.7 Å². The molecule has 14 heavy (non-hydrogen) atoms. The normalized spacial score (nSPS) is 12.6. The van der Waals surface area contributed by atoms with E-state index in [9.17, 15) is 9.59 Å². The van der Waals surface area contributed by atoms with Crippen LogP contribution in [0.1, 0.15) is 19.8 Å². The maximum Gasteiger partial charge on any atom is 0.305 e. The number of carbonyl (C=O) groups is 2. The number of nitrogens with zero attached hydrogens (tertiary/aromatic N) is 1. The highest BCUT2D eigenvalue weighted by Crippen LogP contribution is 1.98. The molecule has 82 valence electrons. The molecule has 5 heteroatoms. The van der Waals surface area contributed by atoms with Gasteiger partial charge in [0, 0.05) is 6.54 Å². The lowest BCUT2D eigenvalue weighted by molar-refractivity contribution is -0.137. The Balaban J connectivity index is 3.87.